The summed E-state index contributed by atoms with van der Waals surface area (Å²) in [5, 5.41) is 0. The van der Waals surface area contributed by atoms with Gasteiger partial charge in [-0.05, 0) is 29.9 Å². The zero-order valence-electron chi connectivity index (χ0n) is 13.7. The minimum Gasteiger partial charge on any atom is -0.402 e. The molecule has 2 rings (SSSR count). The van der Waals surface area contributed by atoms with Crippen molar-refractivity contribution in [3.63, 3.8) is 0 Å². The van der Waals surface area contributed by atoms with E-state index >= 15 is 0 Å². The molecule has 1 nitrogen and oxygen atoms in total. The van der Waals surface area contributed by atoms with Crippen molar-refractivity contribution in [2.45, 2.75) is 19.8 Å². The molecule has 2 aromatic rings. The summed E-state index contributed by atoms with van der Waals surface area (Å²) in [6, 6.07) is 20.7. The first-order valence-corrected chi connectivity index (χ1v) is 8.13. The van der Waals surface area contributed by atoms with Crippen molar-refractivity contribution in [1.29, 1.82) is 0 Å². The summed E-state index contributed by atoms with van der Waals surface area (Å²) in [7, 11) is 0. The van der Waals surface area contributed by atoms with Crippen molar-refractivity contribution in [2.75, 3.05) is 0 Å². The average molecular weight is 303 g/mol. The van der Waals surface area contributed by atoms with Crippen LogP contribution in [0, 0.1) is 5.92 Å². The number of hydrogen-bond acceptors (Lipinski definition) is 1. The summed E-state index contributed by atoms with van der Waals surface area (Å²) in [5.74, 6) is 0.361. The van der Waals surface area contributed by atoms with Crippen LogP contribution in [-0.4, -0.2) is 0 Å². The lowest BCUT2D eigenvalue weighted by molar-refractivity contribution is 0.682. The quantitative estimate of drug-likeness (QED) is 0.684. The zero-order chi connectivity index (χ0) is 16.3. The van der Waals surface area contributed by atoms with E-state index < -0.39 is 0 Å². The van der Waals surface area contributed by atoms with E-state index in [2.05, 4.69) is 73.7 Å². The Morgan fingerprint density at radius 1 is 0.957 bits per heavy atom. The van der Waals surface area contributed by atoms with Crippen LogP contribution >= 0.6 is 0 Å². The molecule has 0 aliphatic rings. The molecule has 0 amide bonds. The first-order valence-electron chi connectivity index (χ1n) is 8.13. The number of allylic oxidation sites excluding steroid dienone is 5. The van der Waals surface area contributed by atoms with Gasteiger partial charge in [-0.1, -0.05) is 98.0 Å². The summed E-state index contributed by atoms with van der Waals surface area (Å²) in [4.78, 5) is 0. The Morgan fingerprint density at radius 3 is 2.30 bits per heavy atom. The summed E-state index contributed by atoms with van der Waals surface area (Å²) in [6.07, 6.45) is 12.4. The maximum Gasteiger partial charge on any atom is 0.00751 e. The number of nitrogens with two attached hydrogens (primary N) is 1. The third-order valence-corrected chi connectivity index (χ3v) is 3.81. The third-order valence-electron chi connectivity index (χ3n) is 3.81. The highest BCUT2D eigenvalue weighted by Gasteiger charge is 2.02. The lowest BCUT2D eigenvalue weighted by Gasteiger charge is -2.09. The second-order valence-electron chi connectivity index (χ2n) is 5.73. The Kier molecular flexibility index (Phi) is 6.93. The minimum absolute atomic E-state index is 0.361. The fourth-order valence-electron chi connectivity index (χ4n) is 2.28. The molecule has 0 bridgehead atoms. The van der Waals surface area contributed by atoms with E-state index in [1.54, 1.807) is 0 Å². The van der Waals surface area contributed by atoms with Crippen LogP contribution in [0.1, 0.15) is 24.5 Å². The standard InChI is InChI=1S/C22H25N/c1-19(22(23)18-17-21-15-9-4-10-16-21)11-5-2-6-12-20-13-7-3-8-14-20/h2-10,12-16,18-19H,11,17,23H2,1H3/b5-2-,12-6+,22-18-. The van der Waals surface area contributed by atoms with Crippen LogP contribution in [0.4, 0.5) is 0 Å². The van der Waals surface area contributed by atoms with Gasteiger partial charge in [0.15, 0.2) is 0 Å². The van der Waals surface area contributed by atoms with Gasteiger partial charge < -0.3 is 5.73 Å². The topological polar surface area (TPSA) is 26.0 Å². The predicted octanol–water partition coefficient (Wildman–Crippen LogP) is 5.37. The van der Waals surface area contributed by atoms with E-state index in [-0.39, 0.29) is 0 Å². The van der Waals surface area contributed by atoms with Crippen LogP contribution in [0.25, 0.3) is 6.08 Å². The minimum atomic E-state index is 0.361. The molecular weight excluding hydrogens is 278 g/mol. The summed E-state index contributed by atoms with van der Waals surface area (Å²) < 4.78 is 0. The van der Waals surface area contributed by atoms with Crippen LogP contribution in [-0.2, 0) is 6.42 Å². The summed E-state index contributed by atoms with van der Waals surface area (Å²) in [5.41, 5.74) is 9.65. The Bertz CT molecular complexity index is 651. The molecule has 2 aromatic carbocycles. The van der Waals surface area contributed by atoms with Crippen molar-refractivity contribution in [3.8, 4) is 0 Å². The van der Waals surface area contributed by atoms with Crippen molar-refractivity contribution >= 4 is 6.08 Å². The molecular formula is C22H25N. The maximum atomic E-state index is 6.18. The van der Waals surface area contributed by atoms with E-state index in [9.17, 15) is 0 Å². The normalized spacial score (nSPS) is 13.7. The monoisotopic (exact) mass is 303 g/mol. The smallest absolute Gasteiger partial charge is 0.00751 e. The van der Waals surface area contributed by atoms with E-state index in [1.807, 2.05) is 24.3 Å². The van der Waals surface area contributed by atoms with Crippen LogP contribution in [0.5, 0.6) is 0 Å². The number of benzene rings is 2. The summed E-state index contributed by atoms with van der Waals surface area (Å²) in [6.45, 7) is 2.17. The molecule has 1 atom stereocenters. The molecule has 2 N–H and O–H groups in total. The molecule has 0 radical (unpaired) electrons. The van der Waals surface area contributed by atoms with Crippen molar-refractivity contribution < 1.29 is 0 Å². The van der Waals surface area contributed by atoms with E-state index in [1.165, 1.54) is 11.1 Å². The van der Waals surface area contributed by atoms with Crippen molar-refractivity contribution in [3.05, 3.63) is 102 Å². The third kappa shape index (κ3) is 6.39. The second-order valence-corrected chi connectivity index (χ2v) is 5.73. The van der Waals surface area contributed by atoms with Crippen LogP contribution in [0.3, 0.4) is 0 Å². The van der Waals surface area contributed by atoms with E-state index in [0.29, 0.717) is 5.92 Å². The molecule has 0 aromatic heterocycles. The largest absolute Gasteiger partial charge is 0.402 e. The first kappa shape index (κ1) is 16.8. The lowest BCUT2D eigenvalue weighted by Crippen LogP contribution is -2.08. The fourth-order valence-corrected chi connectivity index (χ4v) is 2.28. The Hall–Kier alpha value is -2.54. The van der Waals surface area contributed by atoms with Gasteiger partial charge in [0.25, 0.3) is 0 Å². The van der Waals surface area contributed by atoms with Gasteiger partial charge in [0.2, 0.25) is 0 Å². The molecule has 0 saturated carbocycles. The molecule has 0 spiro atoms. The van der Waals surface area contributed by atoms with Crippen LogP contribution < -0.4 is 5.73 Å². The second kappa shape index (κ2) is 9.47. The van der Waals surface area contributed by atoms with Gasteiger partial charge in [-0.3, -0.25) is 0 Å². The van der Waals surface area contributed by atoms with Gasteiger partial charge in [-0.2, -0.15) is 0 Å². The summed E-state index contributed by atoms with van der Waals surface area (Å²) >= 11 is 0. The fraction of sp³-hybridized carbons (Fsp3) is 0.182. The van der Waals surface area contributed by atoms with Crippen LogP contribution in [0.2, 0.25) is 0 Å². The molecule has 0 saturated heterocycles. The lowest BCUT2D eigenvalue weighted by atomic mass is 10.0. The molecule has 0 fully saturated rings. The highest BCUT2D eigenvalue weighted by molar-refractivity contribution is 5.50. The molecule has 0 heterocycles. The molecule has 0 aliphatic carbocycles. The van der Waals surface area contributed by atoms with Gasteiger partial charge in [0, 0.05) is 5.70 Å². The molecule has 1 unspecified atom stereocenters. The van der Waals surface area contributed by atoms with E-state index in [0.717, 1.165) is 18.5 Å². The van der Waals surface area contributed by atoms with Crippen molar-refractivity contribution in [1.82, 2.24) is 0 Å². The van der Waals surface area contributed by atoms with Gasteiger partial charge in [-0.25, -0.2) is 0 Å². The molecule has 23 heavy (non-hydrogen) atoms. The predicted molar refractivity (Wildman–Crippen MR) is 101 cm³/mol. The first-order chi connectivity index (χ1) is 11.3. The highest BCUT2D eigenvalue weighted by Crippen LogP contribution is 2.12. The highest BCUT2D eigenvalue weighted by atomic mass is 14.6. The zero-order valence-corrected chi connectivity index (χ0v) is 13.7. The van der Waals surface area contributed by atoms with Gasteiger partial charge in [0.05, 0.1) is 0 Å². The van der Waals surface area contributed by atoms with Gasteiger partial charge in [-0.15, -0.1) is 0 Å². The van der Waals surface area contributed by atoms with Crippen LogP contribution in [0.15, 0.2) is 90.7 Å². The Morgan fingerprint density at radius 2 is 1.61 bits per heavy atom. The number of hydrogen-bond donors (Lipinski definition) is 1. The van der Waals surface area contributed by atoms with E-state index in [4.69, 9.17) is 5.73 Å². The average Bonchev–Trinajstić information content (AvgIpc) is 2.61. The molecule has 0 aliphatic heterocycles. The number of rotatable bonds is 7. The molecule has 1 heteroatoms. The van der Waals surface area contributed by atoms with Gasteiger partial charge in [0.1, 0.15) is 0 Å². The van der Waals surface area contributed by atoms with Crippen molar-refractivity contribution in [2.24, 2.45) is 11.7 Å². The Labute approximate surface area is 139 Å². The van der Waals surface area contributed by atoms with Gasteiger partial charge >= 0.3 is 0 Å². The molecule has 118 valence electrons. The SMILES string of the molecule is CC(C/C=C\C=C\c1ccccc1)/C(N)=C/Cc1ccccc1. The maximum absolute atomic E-state index is 6.18. The Balaban J connectivity index is 1.78.